The molecule has 0 fully saturated rings. The third-order valence-electron chi connectivity index (χ3n) is 3.11. The van der Waals surface area contributed by atoms with E-state index in [-0.39, 0.29) is 18.4 Å². The van der Waals surface area contributed by atoms with Crippen LogP contribution >= 0.6 is 0 Å². The predicted molar refractivity (Wildman–Crippen MR) is 91.6 cm³/mol. The summed E-state index contributed by atoms with van der Waals surface area (Å²) in [7, 11) is 3.14. The summed E-state index contributed by atoms with van der Waals surface area (Å²) in [6, 6.07) is 11.2. The highest BCUT2D eigenvalue weighted by atomic mass is 19.1. The number of hydrogen-bond acceptors (Lipinski definition) is 4. The number of ether oxygens (including phenoxy) is 3. The van der Waals surface area contributed by atoms with Crippen LogP contribution in [0.3, 0.4) is 0 Å². The van der Waals surface area contributed by atoms with Gasteiger partial charge < -0.3 is 25.3 Å². The number of guanidine groups is 1. The average Bonchev–Trinajstić information content (AvgIpc) is 2.58. The fraction of sp³-hybridized carbons (Fsp3) is 0.235. The summed E-state index contributed by atoms with van der Waals surface area (Å²) in [4.78, 5) is 4.16. The topological polar surface area (TPSA) is 78.1 Å². The van der Waals surface area contributed by atoms with Crippen LogP contribution in [0.1, 0.15) is 0 Å². The van der Waals surface area contributed by atoms with Gasteiger partial charge >= 0.3 is 0 Å². The maximum Gasteiger partial charge on any atom is 0.193 e. The van der Waals surface area contributed by atoms with Crippen LogP contribution in [0, 0.1) is 5.82 Å². The van der Waals surface area contributed by atoms with Gasteiger partial charge in [-0.3, -0.25) is 0 Å². The van der Waals surface area contributed by atoms with E-state index >= 15 is 0 Å². The summed E-state index contributed by atoms with van der Waals surface area (Å²) in [6.07, 6.45) is 0. The van der Waals surface area contributed by atoms with Crippen LogP contribution < -0.4 is 25.3 Å². The Labute approximate surface area is 140 Å². The highest BCUT2D eigenvalue weighted by Crippen LogP contribution is 2.28. The van der Waals surface area contributed by atoms with Crippen molar-refractivity contribution in [3.05, 3.63) is 48.3 Å². The van der Waals surface area contributed by atoms with Crippen molar-refractivity contribution < 1.29 is 18.6 Å². The first-order valence-corrected chi connectivity index (χ1v) is 7.29. The minimum absolute atomic E-state index is 0.212. The smallest absolute Gasteiger partial charge is 0.193 e. The molecule has 0 aliphatic carbocycles. The zero-order valence-electron chi connectivity index (χ0n) is 13.6. The molecule has 128 valence electrons. The van der Waals surface area contributed by atoms with E-state index in [2.05, 4.69) is 10.3 Å². The largest absolute Gasteiger partial charge is 0.497 e. The van der Waals surface area contributed by atoms with Crippen LogP contribution in [0.15, 0.2) is 47.5 Å². The number of methoxy groups -OCH3 is 2. The van der Waals surface area contributed by atoms with E-state index in [0.717, 1.165) is 0 Å². The van der Waals surface area contributed by atoms with Crippen molar-refractivity contribution in [1.82, 2.24) is 0 Å². The summed E-state index contributed by atoms with van der Waals surface area (Å²) in [6.45, 7) is 0.600. The Morgan fingerprint density at radius 3 is 2.67 bits per heavy atom. The molecule has 0 saturated carbocycles. The third-order valence-corrected chi connectivity index (χ3v) is 3.11. The maximum absolute atomic E-state index is 13.0. The van der Waals surface area contributed by atoms with E-state index in [1.54, 1.807) is 44.6 Å². The lowest BCUT2D eigenvalue weighted by atomic mass is 10.2. The standard InChI is InChI=1S/C17H20FN3O3/c1-22-13-6-7-16(23-2)15(11-13)21-17(19)20-8-9-24-14-5-3-4-12(18)10-14/h3-7,10-11H,8-9H2,1-2H3,(H3,19,20,21). The molecule has 0 aromatic heterocycles. The summed E-state index contributed by atoms with van der Waals surface area (Å²) in [5.41, 5.74) is 6.49. The fourth-order valence-corrected chi connectivity index (χ4v) is 1.98. The van der Waals surface area contributed by atoms with Gasteiger partial charge in [0, 0.05) is 12.1 Å². The molecule has 0 amide bonds. The van der Waals surface area contributed by atoms with Gasteiger partial charge in [0.25, 0.3) is 0 Å². The Bertz CT molecular complexity index is 707. The lowest BCUT2D eigenvalue weighted by Crippen LogP contribution is -2.24. The molecule has 6 nitrogen and oxygen atoms in total. The summed E-state index contributed by atoms with van der Waals surface area (Å²) in [5.74, 6) is 1.60. The van der Waals surface area contributed by atoms with Crippen molar-refractivity contribution in [1.29, 1.82) is 0 Å². The molecular formula is C17H20FN3O3. The second-order valence-electron chi connectivity index (χ2n) is 4.76. The molecule has 2 rings (SSSR count). The lowest BCUT2D eigenvalue weighted by Gasteiger charge is -2.12. The first-order valence-electron chi connectivity index (χ1n) is 7.29. The highest BCUT2D eigenvalue weighted by molar-refractivity contribution is 5.94. The molecule has 2 aromatic carbocycles. The Morgan fingerprint density at radius 2 is 1.96 bits per heavy atom. The number of nitrogens with zero attached hydrogens (tertiary/aromatic N) is 1. The van der Waals surface area contributed by atoms with Gasteiger partial charge in [0.1, 0.15) is 29.7 Å². The normalized spacial score (nSPS) is 11.0. The van der Waals surface area contributed by atoms with Crippen LogP contribution in [0.5, 0.6) is 17.2 Å². The summed E-state index contributed by atoms with van der Waals surface area (Å²) in [5, 5.41) is 2.95. The molecular weight excluding hydrogens is 313 g/mol. The number of hydrogen-bond donors (Lipinski definition) is 2. The first-order chi connectivity index (χ1) is 11.6. The molecule has 0 heterocycles. The molecule has 24 heavy (non-hydrogen) atoms. The molecule has 7 heteroatoms. The van der Waals surface area contributed by atoms with Crippen molar-refractivity contribution in [2.45, 2.75) is 0 Å². The molecule has 2 aromatic rings. The van der Waals surface area contributed by atoms with Crippen molar-refractivity contribution in [2.75, 3.05) is 32.7 Å². The number of nitrogens with one attached hydrogen (secondary N) is 1. The van der Waals surface area contributed by atoms with E-state index < -0.39 is 0 Å². The van der Waals surface area contributed by atoms with Gasteiger partial charge in [-0.1, -0.05) is 6.07 Å². The first kappa shape index (κ1) is 17.4. The second-order valence-corrected chi connectivity index (χ2v) is 4.76. The molecule has 0 atom stereocenters. The van der Waals surface area contributed by atoms with Gasteiger partial charge in [-0.2, -0.15) is 0 Å². The van der Waals surface area contributed by atoms with Crippen LogP contribution in [0.25, 0.3) is 0 Å². The Kier molecular flexibility index (Phi) is 6.24. The zero-order valence-corrected chi connectivity index (χ0v) is 13.6. The number of halogens is 1. The minimum Gasteiger partial charge on any atom is -0.497 e. The van der Waals surface area contributed by atoms with Crippen molar-refractivity contribution in [3.8, 4) is 17.2 Å². The highest BCUT2D eigenvalue weighted by Gasteiger charge is 2.06. The monoisotopic (exact) mass is 333 g/mol. The number of aliphatic imine (C=N–C) groups is 1. The van der Waals surface area contributed by atoms with Gasteiger partial charge in [0.15, 0.2) is 5.96 Å². The number of benzene rings is 2. The molecule has 3 N–H and O–H groups in total. The molecule has 0 unspecified atom stereocenters. The molecule has 0 bridgehead atoms. The molecule has 0 aliphatic rings. The predicted octanol–water partition coefficient (Wildman–Crippen LogP) is 2.65. The lowest BCUT2D eigenvalue weighted by molar-refractivity contribution is 0.327. The molecule has 0 radical (unpaired) electrons. The Hall–Kier alpha value is -2.96. The summed E-state index contributed by atoms with van der Waals surface area (Å²) >= 11 is 0. The van der Waals surface area contributed by atoms with Crippen LogP contribution in [-0.4, -0.2) is 33.3 Å². The van der Waals surface area contributed by atoms with Crippen LogP contribution in [-0.2, 0) is 0 Å². The van der Waals surface area contributed by atoms with Crippen molar-refractivity contribution >= 4 is 11.6 Å². The average molecular weight is 333 g/mol. The van der Waals surface area contributed by atoms with E-state index in [1.807, 2.05) is 0 Å². The quantitative estimate of drug-likeness (QED) is 0.463. The molecule has 0 aliphatic heterocycles. The van der Waals surface area contributed by atoms with E-state index in [9.17, 15) is 4.39 Å². The van der Waals surface area contributed by atoms with E-state index in [0.29, 0.717) is 29.5 Å². The molecule has 0 saturated heterocycles. The van der Waals surface area contributed by atoms with Gasteiger partial charge in [0.05, 0.1) is 26.5 Å². The fourth-order valence-electron chi connectivity index (χ4n) is 1.98. The van der Waals surface area contributed by atoms with Crippen molar-refractivity contribution in [3.63, 3.8) is 0 Å². The summed E-state index contributed by atoms with van der Waals surface area (Å²) < 4.78 is 28.8. The second kappa shape index (κ2) is 8.61. The minimum atomic E-state index is -0.345. The van der Waals surface area contributed by atoms with E-state index in [4.69, 9.17) is 19.9 Å². The number of anilines is 1. The number of rotatable bonds is 7. The van der Waals surface area contributed by atoms with Gasteiger partial charge in [-0.15, -0.1) is 0 Å². The zero-order chi connectivity index (χ0) is 17.4. The SMILES string of the molecule is COc1ccc(OC)c(NC(N)=NCCOc2cccc(F)c2)c1. The Balaban J connectivity index is 1.89. The van der Waals surface area contributed by atoms with Crippen LogP contribution in [0.2, 0.25) is 0 Å². The van der Waals surface area contributed by atoms with Gasteiger partial charge in [-0.05, 0) is 24.3 Å². The molecule has 0 spiro atoms. The third kappa shape index (κ3) is 5.05. The van der Waals surface area contributed by atoms with Gasteiger partial charge in [-0.25, -0.2) is 9.38 Å². The van der Waals surface area contributed by atoms with Gasteiger partial charge in [0.2, 0.25) is 0 Å². The Morgan fingerprint density at radius 1 is 1.12 bits per heavy atom. The van der Waals surface area contributed by atoms with E-state index in [1.165, 1.54) is 12.1 Å². The maximum atomic E-state index is 13.0. The number of nitrogens with two attached hydrogens (primary N) is 1. The van der Waals surface area contributed by atoms with Crippen LogP contribution in [0.4, 0.5) is 10.1 Å². The van der Waals surface area contributed by atoms with Crippen molar-refractivity contribution in [2.24, 2.45) is 10.7 Å².